The molecule has 1 rings (SSSR count). The molecule has 0 fully saturated rings. The van der Waals surface area contributed by atoms with Crippen molar-refractivity contribution in [2.75, 3.05) is 16.4 Å². The van der Waals surface area contributed by atoms with Crippen molar-refractivity contribution < 1.29 is 16.8 Å². The first-order valence-corrected chi connectivity index (χ1v) is 8.59. The van der Waals surface area contributed by atoms with Crippen molar-refractivity contribution in [3.63, 3.8) is 0 Å². The monoisotopic (exact) mass is 312 g/mol. The van der Waals surface area contributed by atoms with Crippen molar-refractivity contribution in [3.8, 4) is 0 Å². The Bertz CT molecular complexity index is 641. The number of benzene rings is 1. The minimum absolute atomic E-state index is 0.0523. The van der Waals surface area contributed by atoms with Crippen LogP contribution in [0.3, 0.4) is 0 Å². The Hall–Kier alpha value is -0.830. The van der Waals surface area contributed by atoms with Gasteiger partial charge in [0.05, 0.1) is 16.3 Å². The van der Waals surface area contributed by atoms with Crippen LogP contribution in [0.15, 0.2) is 23.1 Å². The van der Waals surface area contributed by atoms with Gasteiger partial charge in [-0.05, 0) is 24.6 Å². The van der Waals surface area contributed by atoms with Gasteiger partial charge in [0.1, 0.15) is 0 Å². The smallest absolute Gasteiger partial charge is 0.238 e. The van der Waals surface area contributed by atoms with Gasteiger partial charge in [0, 0.05) is 5.88 Å². The molecule has 0 bridgehead atoms. The Balaban J connectivity index is 3.22. The molecule has 0 saturated carbocycles. The van der Waals surface area contributed by atoms with E-state index in [0.717, 1.165) is 0 Å². The molecule has 0 spiro atoms. The van der Waals surface area contributed by atoms with Crippen molar-refractivity contribution in [2.45, 2.75) is 11.8 Å². The summed E-state index contributed by atoms with van der Waals surface area (Å²) in [4.78, 5) is -0.117. The second-order valence-corrected chi connectivity index (χ2v) is 7.33. The fourth-order valence-corrected chi connectivity index (χ4v) is 3.63. The van der Waals surface area contributed by atoms with E-state index in [-0.39, 0.29) is 27.8 Å². The van der Waals surface area contributed by atoms with Crippen molar-refractivity contribution in [3.05, 3.63) is 23.8 Å². The number of anilines is 1. The first-order valence-electron chi connectivity index (χ1n) is 4.86. The maximum atomic E-state index is 11.5. The molecule has 0 heterocycles. The molecule has 18 heavy (non-hydrogen) atoms. The van der Waals surface area contributed by atoms with Crippen LogP contribution < -0.4 is 9.86 Å². The molecule has 3 N–H and O–H groups in total. The normalized spacial score (nSPS) is 12.4. The van der Waals surface area contributed by atoms with Crippen LogP contribution in [-0.2, 0) is 20.0 Å². The number of nitrogens with one attached hydrogen (secondary N) is 1. The number of hydrogen-bond acceptors (Lipinski definition) is 4. The molecule has 0 aromatic heterocycles. The highest BCUT2D eigenvalue weighted by Gasteiger charge is 2.17. The molecular formula is C9H13ClN2O4S2. The molecule has 0 unspecified atom stereocenters. The molecule has 1 aromatic rings. The number of alkyl halides is 1. The number of sulfonamides is 2. The number of primary sulfonamides is 1. The van der Waals surface area contributed by atoms with E-state index in [1.165, 1.54) is 25.1 Å². The fourth-order valence-electron chi connectivity index (χ4n) is 1.35. The predicted octanol–water partition coefficient (Wildman–Crippen LogP) is 0.623. The van der Waals surface area contributed by atoms with Gasteiger partial charge < -0.3 is 0 Å². The van der Waals surface area contributed by atoms with Gasteiger partial charge in [0.2, 0.25) is 20.0 Å². The van der Waals surface area contributed by atoms with E-state index in [9.17, 15) is 16.8 Å². The average molecular weight is 313 g/mol. The average Bonchev–Trinajstić information content (AvgIpc) is 2.18. The summed E-state index contributed by atoms with van der Waals surface area (Å²) < 4.78 is 47.9. The molecular weight excluding hydrogens is 300 g/mol. The standard InChI is InChI=1S/C9H13ClN2O4S2/c1-7-8(12-17(13,14)6-5-10)3-2-4-9(7)18(11,15)16/h2-4,12H,5-6H2,1H3,(H2,11,15,16). The molecule has 0 atom stereocenters. The number of rotatable bonds is 5. The highest BCUT2D eigenvalue weighted by molar-refractivity contribution is 7.92. The number of halogens is 1. The summed E-state index contributed by atoms with van der Waals surface area (Å²) in [5.74, 6) is -0.309. The van der Waals surface area contributed by atoms with E-state index >= 15 is 0 Å². The van der Waals surface area contributed by atoms with Crippen LogP contribution in [0.4, 0.5) is 5.69 Å². The Labute approximate surface area is 111 Å². The summed E-state index contributed by atoms with van der Waals surface area (Å²) in [6, 6.07) is 4.17. The summed E-state index contributed by atoms with van der Waals surface area (Å²) >= 11 is 5.36. The van der Waals surface area contributed by atoms with E-state index in [1.54, 1.807) is 0 Å². The van der Waals surface area contributed by atoms with Gasteiger partial charge >= 0.3 is 0 Å². The molecule has 0 aliphatic rings. The zero-order valence-electron chi connectivity index (χ0n) is 9.55. The molecule has 0 amide bonds. The van der Waals surface area contributed by atoms with E-state index in [2.05, 4.69) is 4.72 Å². The maximum absolute atomic E-state index is 11.5. The first kappa shape index (κ1) is 15.2. The minimum Gasteiger partial charge on any atom is -0.283 e. The molecule has 0 aliphatic heterocycles. The van der Waals surface area contributed by atoms with Crippen LogP contribution in [0.1, 0.15) is 5.56 Å². The number of hydrogen-bond donors (Lipinski definition) is 2. The van der Waals surface area contributed by atoms with Gasteiger partial charge in [0.15, 0.2) is 0 Å². The molecule has 0 aliphatic carbocycles. The van der Waals surface area contributed by atoms with E-state index in [4.69, 9.17) is 16.7 Å². The second kappa shape index (κ2) is 5.43. The summed E-state index contributed by atoms with van der Waals surface area (Å²) in [6.45, 7) is 1.47. The van der Waals surface area contributed by atoms with Gasteiger partial charge in [-0.1, -0.05) is 6.07 Å². The highest BCUT2D eigenvalue weighted by atomic mass is 35.5. The lowest BCUT2D eigenvalue weighted by molar-refractivity contribution is 0.596. The predicted molar refractivity (Wildman–Crippen MR) is 70.7 cm³/mol. The lowest BCUT2D eigenvalue weighted by atomic mass is 10.2. The quantitative estimate of drug-likeness (QED) is 0.777. The molecule has 0 radical (unpaired) electrons. The third kappa shape index (κ3) is 3.84. The largest absolute Gasteiger partial charge is 0.283 e. The van der Waals surface area contributed by atoms with Crippen molar-refractivity contribution in [2.24, 2.45) is 5.14 Å². The summed E-state index contributed by atoms with van der Waals surface area (Å²) in [5.41, 5.74) is 0.421. The molecule has 6 nitrogen and oxygen atoms in total. The zero-order chi connectivity index (χ0) is 14.0. The first-order chi connectivity index (χ1) is 8.17. The van der Waals surface area contributed by atoms with Crippen LogP contribution in [0.25, 0.3) is 0 Å². The van der Waals surface area contributed by atoms with E-state index < -0.39 is 20.0 Å². The third-order valence-corrected chi connectivity index (χ3v) is 4.94. The molecule has 9 heteroatoms. The Kier molecular flexibility index (Phi) is 4.60. The Morgan fingerprint density at radius 2 is 1.89 bits per heavy atom. The maximum Gasteiger partial charge on any atom is 0.238 e. The molecule has 1 aromatic carbocycles. The summed E-state index contributed by atoms with van der Waals surface area (Å²) in [6.07, 6.45) is 0. The molecule has 0 saturated heterocycles. The third-order valence-electron chi connectivity index (χ3n) is 2.20. The highest BCUT2D eigenvalue weighted by Crippen LogP contribution is 2.22. The fraction of sp³-hybridized carbons (Fsp3) is 0.333. The van der Waals surface area contributed by atoms with Gasteiger partial charge in [-0.25, -0.2) is 22.0 Å². The van der Waals surface area contributed by atoms with Crippen molar-refractivity contribution >= 4 is 37.3 Å². The van der Waals surface area contributed by atoms with Crippen molar-refractivity contribution in [1.29, 1.82) is 0 Å². The van der Waals surface area contributed by atoms with Gasteiger partial charge in [-0.15, -0.1) is 11.6 Å². The van der Waals surface area contributed by atoms with E-state index in [1.807, 2.05) is 0 Å². The topological polar surface area (TPSA) is 106 Å². The van der Waals surface area contributed by atoms with Crippen LogP contribution in [0.5, 0.6) is 0 Å². The van der Waals surface area contributed by atoms with Gasteiger partial charge in [-0.2, -0.15) is 0 Å². The van der Waals surface area contributed by atoms with Crippen LogP contribution in [0.2, 0.25) is 0 Å². The van der Waals surface area contributed by atoms with Crippen LogP contribution in [-0.4, -0.2) is 28.5 Å². The number of nitrogens with two attached hydrogens (primary N) is 1. The molecule has 102 valence electrons. The minimum atomic E-state index is -3.88. The van der Waals surface area contributed by atoms with Crippen LogP contribution >= 0.6 is 11.6 Å². The summed E-state index contributed by atoms with van der Waals surface area (Å²) in [7, 11) is -7.47. The van der Waals surface area contributed by atoms with Crippen molar-refractivity contribution in [1.82, 2.24) is 0 Å². The second-order valence-electron chi connectivity index (χ2n) is 3.58. The zero-order valence-corrected chi connectivity index (χ0v) is 11.9. The van der Waals surface area contributed by atoms with Crippen LogP contribution in [0, 0.1) is 6.92 Å². The lowest BCUT2D eigenvalue weighted by Crippen LogP contribution is -2.20. The SMILES string of the molecule is Cc1c(NS(=O)(=O)CCCl)cccc1S(N)(=O)=O. The van der Waals surface area contributed by atoms with Gasteiger partial charge in [0.25, 0.3) is 0 Å². The Morgan fingerprint density at radius 3 is 2.39 bits per heavy atom. The van der Waals surface area contributed by atoms with E-state index in [0.29, 0.717) is 0 Å². The summed E-state index contributed by atoms with van der Waals surface area (Å²) in [5, 5.41) is 5.02. The Morgan fingerprint density at radius 1 is 1.28 bits per heavy atom. The lowest BCUT2D eigenvalue weighted by Gasteiger charge is -2.12. The van der Waals surface area contributed by atoms with Gasteiger partial charge in [-0.3, -0.25) is 4.72 Å².